The van der Waals surface area contributed by atoms with Gasteiger partial charge in [-0.1, -0.05) is 19.1 Å². The van der Waals surface area contributed by atoms with Crippen LogP contribution in [0.4, 0.5) is 0 Å². The Morgan fingerprint density at radius 3 is 2.73 bits per heavy atom. The summed E-state index contributed by atoms with van der Waals surface area (Å²) in [5.41, 5.74) is 4.30. The minimum atomic E-state index is 1.12. The molecule has 0 atom stereocenters. The van der Waals surface area contributed by atoms with Gasteiger partial charge in [0.25, 0.3) is 0 Å². The molecule has 1 aliphatic heterocycles. The maximum atomic E-state index is 3.42. The first-order chi connectivity index (χ1) is 10.8. The van der Waals surface area contributed by atoms with E-state index in [-0.39, 0.29) is 0 Å². The highest BCUT2D eigenvalue weighted by molar-refractivity contribution is 5.84. The molecule has 0 amide bonds. The van der Waals surface area contributed by atoms with Crippen molar-refractivity contribution in [1.82, 2.24) is 14.8 Å². The number of nitrogens with one attached hydrogen (secondary N) is 1. The van der Waals surface area contributed by atoms with E-state index in [9.17, 15) is 0 Å². The molecule has 2 heterocycles. The van der Waals surface area contributed by atoms with Gasteiger partial charge >= 0.3 is 0 Å². The van der Waals surface area contributed by atoms with E-state index in [0.29, 0.717) is 0 Å². The third-order valence-corrected chi connectivity index (χ3v) is 4.71. The zero-order valence-corrected chi connectivity index (χ0v) is 14.1. The third-order valence-electron chi connectivity index (χ3n) is 4.71. The monoisotopic (exact) mass is 299 g/mol. The van der Waals surface area contributed by atoms with Crippen LogP contribution in [0.2, 0.25) is 0 Å². The van der Waals surface area contributed by atoms with Crippen LogP contribution in [0, 0.1) is 6.92 Å². The lowest BCUT2D eigenvalue weighted by Gasteiger charge is -2.26. The zero-order valence-electron chi connectivity index (χ0n) is 14.1. The zero-order chi connectivity index (χ0) is 15.4. The van der Waals surface area contributed by atoms with Crippen molar-refractivity contribution in [1.29, 1.82) is 0 Å². The number of piperazine rings is 1. The molecule has 3 heteroatoms. The van der Waals surface area contributed by atoms with Crippen LogP contribution in [0.25, 0.3) is 10.9 Å². The van der Waals surface area contributed by atoms with Gasteiger partial charge in [0.05, 0.1) is 0 Å². The van der Waals surface area contributed by atoms with Crippen LogP contribution in [0.15, 0.2) is 24.4 Å². The van der Waals surface area contributed by atoms with Gasteiger partial charge in [-0.05, 0) is 49.9 Å². The lowest BCUT2D eigenvalue weighted by molar-refractivity contribution is 0.238. The predicted molar refractivity (Wildman–Crippen MR) is 94.6 cm³/mol. The summed E-state index contributed by atoms with van der Waals surface area (Å²) >= 11 is 0. The Morgan fingerprint density at radius 2 is 1.95 bits per heavy atom. The molecule has 1 N–H and O–H groups in total. The Hall–Kier alpha value is -1.32. The lowest BCUT2D eigenvalue weighted by atomic mass is 10.1. The summed E-state index contributed by atoms with van der Waals surface area (Å²) in [5, 5.41) is 4.88. The van der Waals surface area contributed by atoms with Gasteiger partial charge in [-0.15, -0.1) is 0 Å². The highest BCUT2D eigenvalue weighted by atomic mass is 15.2. The molecule has 1 saturated heterocycles. The second-order valence-electron chi connectivity index (χ2n) is 6.56. The second kappa shape index (κ2) is 7.30. The van der Waals surface area contributed by atoms with Crippen LogP contribution in [0.5, 0.6) is 0 Å². The van der Waals surface area contributed by atoms with Crippen LogP contribution >= 0.6 is 0 Å². The molecule has 1 aromatic carbocycles. The second-order valence-corrected chi connectivity index (χ2v) is 6.56. The van der Waals surface area contributed by atoms with Crippen molar-refractivity contribution >= 4 is 10.9 Å². The molecular formula is C19H29N3. The minimum Gasteiger partial charge on any atom is -0.347 e. The average Bonchev–Trinajstić information content (AvgIpc) is 2.86. The van der Waals surface area contributed by atoms with Gasteiger partial charge in [-0.2, -0.15) is 0 Å². The van der Waals surface area contributed by atoms with Crippen molar-refractivity contribution < 1.29 is 0 Å². The molecule has 0 aliphatic carbocycles. The molecule has 0 bridgehead atoms. The summed E-state index contributed by atoms with van der Waals surface area (Å²) in [5.74, 6) is 0. The van der Waals surface area contributed by atoms with E-state index in [2.05, 4.69) is 53.0 Å². The van der Waals surface area contributed by atoms with Crippen LogP contribution in [-0.4, -0.2) is 42.2 Å². The Morgan fingerprint density at radius 1 is 1.14 bits per heavy atom. The molecule has 1 fully saturated rings. The van der Waals surface area contributed by atoms with E-state index in [1.54, 1.807) is 0 Å². The molecule has 120 valence electrons. The maximum Gasteiger partial charge on any atom is 0.0485 e. The molecule has 2 aromatic rings. The summed E-state index contributed by atoms with van der Waals surface area (Å²) in [6.07, 6.45) is 6.04. The largest absolute Gasteiger partial charge is 0.347 e. The number of aromatic nitrogens is 1. The number of benzene rings is 1. The van der Waals surface area contributed by atoms with Crippen molar-refractivity contribution in [3.63, 3.8) is 0 Å². The molecular weight excluding hydrogens is 270 g/mol. The van der Waals surface area contributed by atoms with Crippen molar-refractivity contribution in [2.45, 2.75) is 39.7 Å². The number of aryl methyl sites for hydroxylation is 3. The Labute approximate surface area is 134 Å². The number of hydrogen-bond acceptors (Lipinski definition) is 2. The molecule has 3 rings (SSSR count). The number of hydrogen-bond donors (Lipinski definition) is 1. The lowest BCUT2D eigenvalue weighted by Crippen LogP contribution is -2.43. The SMILES string of the molecule is CCCn1cc(CCCN2CCNCC2)c2ccc(C)cc21. The van der Waals surface area contributed by atoms with E-state index in [1.807, 2.05) is 0 Å². The smallest absolute Gasteiger partial charge is 0.0485 e. The quantitative estimate of drug-likeness (QED) is 0.884. The summed E-state index contributed by atoms with van der Waals surface area (Å²) in [4.78, 5) is 2.59. The van der Waals surface area contributed by atoms with Gasteiger partial charge in [0, 0.05) is 49.8 Å². The summed E-state index contributed by atoms with van der Waals surface area (Å²) < 4.78 is 2.45. The fourth-order valence-corrected chi connectivity index (χ4v) is 3.53. The van der Waals surface area contributed by atoms with Crippen molar-refractivity contribution in [3.8, 4) is 0 Å². The van der Waals surface area contributed by atoms with Crippen molar-refractivity contribution in [2.24, 2.45) is 0 Å². The van der Waals surface area contributed by atoms with Crippen molar-refractivity contribution in [2.75, 3.05) is 32.7 Å². The molecule has 22 heavy (non-hydrogen) atoms. The summed E-state index contributed by atoms with van der Waals surface area (Å²) in [6.45, 7) is 11.5. The van der Waals surface area contributed by atoms with Gasteiger partial charge < -0.3 is 14.8 Å². The molecule has 0 radical (unpaired) electrons. The average molecular weight is 299 g/mol. The number of fused-ring (bicyclic) bond motifs is 1. The first-order valence-corrected chi connectivity index (χ1v) is 8.79. The van der Waals surface area contributed by atoms with Crippen LogP contribution < -0.4 is 5.32 Å². The van der Waals surface area contributed by atoms with Crippen LogP contribution in [-0.2, 0) is 13.0 Å². The fourth-order valence-electron chi connectivity index (χ4n) is 3.53. The van der Waals surface area contributed by atoms with Crippen LogP contribution in [0.1, 0.15) is 30.9 Å². The van der Waals surface area contributed by atoms with E-state index in [4.69, 9.17) is 0 Å². The van der Waals surface area contributed by atoms with Gasteiger partial charge in [0.2, 0.25) is 0 Å². The highest BCUT2D eigenvalue weighted by Gasteiger charge is 2.11. The predicted octanol–water partition coefficient (Wildman–Crippen LogP) is 3.20. The van der Waals surface area contributed by atoms with E-state index < -0.39 is 0 Å². The first-order valence-electron chi connectivity index (χ1n) is 8.79. The molecule has 0 saturated carbocycles. The van der Waals surface area contributed by atoms with Gasteiger partial charge in [-0.25, -0.2) is 0 Å². The fraction of sp³-hybridized carbons (Fsp3) is 0.579. The molecule has 1 aliphatic rings. The molecule has 3 nitrogen and oxygen atoms in total. The third kappa shape index (κ3) is 3.53. The normalized spacial score (nSPS) is 16.5. The Bertz CT molecular complexity index is 608. The van der Waals surface area contributed by atoms with Gasteiger partial charge in [0.15, 0.2) is 0 Å². The summed E-state index contributed by atoms with van der Waals surface area (Å²) in [7, 11) is 0. The molecule has 0 spiro atoms. The van der Waals surface area contributed by atoms with Gasteiger partial charge in [0.1, 0.15) is 0 Å². The molecule has 0 unspecified atom stereocenters. The Balaban J connectivity index is 1.69. The number of rotatable bonds is 6. The topological polar surface area (TPSA) is 20.2 Å². The van der Waals surface area contributed by atoms with E-state index >= 15 is 0 Å². The number of nitrogens with zero attached hydrogens (tertiary/aromatic N) is 2. The minimum absolute atomic E-state index is 1.12. The molecule has 1 aromatic heterocycles. The highest BCUT2D eigenvalue weighted by Crippen LogP contribution is 2.24. The summed E-state index contributed by atoms with van der Waals surface area (Å²) in [6, 6.07) is 6.90. The first kappa shape index (κ1) is 15.6. The Kier molecular flexibility index (Phi) is 5.16. The van der Waals surface area contributed by atoms with Gasteiger partial charge in [-0.3, -0.25) is 0 Å². The maximum absolute atomic E-state index is 3.42. The van der Waals surface area contributed by atoms with E-state index in [1.165, 1.54) is 60.9 Å². The van der Waals surface area contributed by atoms with E-state index in [0.717, 1.165) is 19.6 Å². The van der Waals surface area contributed by atoms with Crippen LogP contribution in [0.3, 0.4) is 0 Å². The standard InChI is InChI=1S/C19H29N3/c1-3-10-22-15-17(18-7-6-16(2)14-19(18)22)5-4-11-21-12-8-20-9-13-21/h6-7,14-15,20H,3-5,8-13H2,1-2H3. The van der Waals surface area contributed by atoms with Crippen molar-refractivity contribution in [3.05, 3.63) is 35.5 Å².